The fraction of sp³-hybridized carbons (Fsp3) is 0.259. The van der Waals surface area contributed by atoms with E-state index in [-0.39, 0.29) is 0 Å². The van der Waals surface area contributed by atoms with Crippen LogP contribution in [0, 0.1) is 11.6 Å². The second-order valence-electron chi connectivity index (χ2n) is 9.31. The fourth-order valence-corrected chi connectivity index (χ4v) is 4.66. The first-order valence-corrected chi connectivity index (χ1v) is 12.3. The van der Waals surface area contributed by atoms with Crippen LogP contribution < -0.4 is 10.2 Å². The van der Waals surface area contributed by atoms with Gasteiger partial charge >= 0.3 is 0 Å². The highest BCUT2D eigenvalue weighted by Crippen LogP contribution is 2.24. The Morgan fingerprint density at radius 1 is 0.865 bits per heavy atom. The standard InChI is InChI=1S/C27H26F2N8/c28-24-5-3-19(9-25(24)29)11-30-12-20-4-6-27-32-22(16-36(27)15-20)17-37-18-26(33-34-37)21-10-23(14-31-13-21)35-7-1-2-8-35/h3-6,9-10,13-16,18,30H,1-2,7-8,11-12,17H2. The van der Waals surface area contributed by atoms with Gasteiger partial charge < -0.3 is 14.6 Å². The zero-order valence-corrected chi connectivity index (χ0v) is 20.2. The molecule has 10 heteroatoms. The monoisotopic (exact) mass is 500 g/mol. The van der Waals surface area contributed by atoms with Gasteiger partial charge in [-0.3, -0.25) is 4.98 Å². The molecule has 0 spiro atoms. The summed E-state index contributed by atoms with van der Waals surface area (Å²) < 4.78 is 30.3. The number of nitrogens with one attached hydrogen (secondary N) is 1. The minimum Gasteiger partial charge on any atom is -0.370 e. The summed E-state index contributed by atoms with van der Waals surface area (Å²) in [6, 6.07) is 10.0. The van der Waals surface area contributed by atoms with Crippen molar-refractivity contribution in [2.24, 2.45) is 0 Å². The second-order valence-corrected chi connectivity index (χ2v) is 9.31. The maximum Gasteiger partial charge on any atom is 0.159 e. The molecule has 0 saturated carbocycles. The number of nitrogens with zero attached hydrogens (tertiary/aromatic N) is 7. The number of aromatic nitrogens is 6. The van der Waals surface area contributed by atoms with Crippen molar-refractivity contribution in [3.8, 4) is 11.3 Å². The lowest BCUT2D eigenvalue weighted by atomic mass is 10.2. The maximum atomic E-state index is 13.4. The normalized spacial score (nSPS) is 13.6. The van der Waals surface area contributed by atoms with Gasteiger partial charge in [-0.2, -0.15) is 0 Å². The van der Waals surface area contributed by atoms with Crippen LogP contribution in [0.5, 0.6) is 0 Å². The molecule has 1 saturated heterocycles. The van der Waals surface area contributed by atoms with Crippen molar-refractivity contribution >= 4 is 11.3 Å². The third-order valence-corrected chi connectivity index (χ3v) is 6.56. The number of fused-ring (bicyclic) bond motifs is 1. The van der Waals surface area contributed by atoms with Gasteiger partial charge in [-0.15, -0.1) is 5.10 Å². The highest BCUT2D eigenvalue weighted by Gasteiger charge is 2.14. The molecular weight excluding hydrogens is 474 g/mol. The van der Waals surface area contributed by atoms with Crippen LogP contribution in [0.15, 0.2) is 67.4 Å². The first-order chi connectivity index (χ1) is 18.1. The fourth-order valence-electron chi connectivity index (χ4n) is 4.66. The van der Waals surface area contributed by atoms with E-state index in [1.54, 1.807) is 10.7 Å². The molecule has 1 aliphatic rings. The second kappa shape index (κ2) is 10.1. The summed E-state index contributed by atoms with van der Waals surface area (Å²) in [7, 11) is 0. The molecule has 4 aromatic heterocycles. The third kappa shape index (κ3) is 5.19. The SMILES string of the molecule is Fc1ccc(CNCc2ccc3nc(Cn4cc(-c5cncc(N6CCCC6)c5)nn4)cn3c2)cc1F. The lowest BCUT2D eigenvalue weighted by Gasteiger charge is -2.17. The van der Waals surface area contributed by atoms with Crippen LogP contribution in [-0.2, 0) is 19.6 Å². The molecule has 6 rings (SSSR count). The molecule has 8 nitrogen and oxygen atoms in total. The highest BCUT2D eigenvalue weighted by molar-refractivity contribution is 5.63. The smallest absolute Gasteiger partial charge is 0.159 e. The summed E-state index contributed by atoms with van der Waals surface area (Å²) in [5.74, 6) is -1.67. The Balaban J connectivity index is 1.10. The molecule has 1 N–H and O–H groups in total. The van der Waals surface area contributed by atoms with Gasteiger partial charge in [0.25, 0.3) is 0 Å². The van der Waals surface area contributed by atoms with Crippen molar-refractivity contribution in [1.82, 2.24) is 34.7 Å². The lowest BCUT2D eigenvalue weighted by Crippen LogP contribution is -2.17. The molecule has 0 bridgehead atoms. The van der Waals surface area contributed by atoms with E-state index in [0.717, 1.165) is 53.0 Å². The molecule has 0 unspecified atom stereocenters. The van der Waals surface area contributed by atoms with Crippen LogP contribution in [0.25, 0.3) is 16.9 Å². The Bertz CT molecular complexity index is 1540. The summed E-state index contributed by atoms with van der Waals surface area (Å²) in [6.07, 6.45) is 12.1. The van der Waals surface area contributed by atoms with E-state index < -0.39 is 11.6 Å². The van der Waals surface area contributed by atoms with E-state index in [2.05, 4.69) is 31.6 Å². The van der Waals surface area contributed by atoms with Crippen LogP contribution in [0.1, 0.15) is 29.7 Å². The minimum absolute atomic E-state index is 0.440. The molecule has 0 aliphatic carbocycles. The summed E-state index contributed by atoms with van der Waals surface area (Å²) >= 11 is 0. The van der Waals surface area contributed by atoms with Crippen molar-refractivity contribution in [3.05, 3.63) is 95.8 Å². The highest BCUT2D eigenvalue weighted by atomic mass is 19.2. The molecule has 1 aromatic carbocycles. The molecule has 5 heterocycles. The predicted octanol–water partition coefficient (Wildman–Crippen LogP) is 4.20. The van der Waals surface area contributed by atoms with Gasteiger partial charge in [0.2, 0.25) is 0 Å². The molecule has 37 heavy (non-hydrogen) atoms. The van der Waals surface area contributed by atoms with Gasteiger partial charge in [0.15, 0.2) is 11.6 Å². The average Bonchev–Trinajstić information content (AvgIpc) is 3.67. The van der Waals surface area contributed by atoms with E-state index >= 15 is 0 Å². The van der Waals surface area contributed by atoms with E-state index in [9.17, 15) is 8.78 Å². The van der Waals surface area contributed by atoms with Gasteiger partial charge in [0, 0.05) is 50.3 Å². The van der Waals surface area contributed by atoms with Crippen LogP contribution in [0.4, 0.5) is 14.5 Å². The number of imidazole rings is 1. The Morgan fingerprint density at radius 3 is 2.57 bits per heavy atom. The number of rotatable bonds is 8. The molecular formula is C27H26F2N8. The number of hydrogen-bond donors (Lipinski definition) is 1. The summed E-state index contributed by atoms with van der Waals surface area (Å²) in [4.78, 5) is 11.5. The summed E-state index contributed by atoms with van der Waals surface area (Å²) in [6.45, 7) is 3.65. The zero-order chi connectivity index (χ0) is 25.2. The van der Waals surface area contributed by atoms with Gasteiger partial charge in [0.1, 0.15) is 11.3 Å². The van der Waals surface area contributed by atoms with Crippen LogP contribution in [0.2, 0.25) is 0 Å². The zero-order valence-electron chi connectivity index (χ0n) is 20.2. The number of anilines is 1. The number of hydrogen-bond acceptors (Lipinski definition) is 6. The Kier molecular flexibility index (Phi) is 6.32. The van der Waals surface area contributed by atoms with Gasteiger partial charge in [-0.25, -0.2) is 18.4 Å². The molecule has 1 aliphatic heterocycles. The predicted molar refractivity (Wildman–Crippen MR) is 136 cm³/mol. The molecule has 0 atom stereocenters. The van der Waals surface area contributed by atoms with Gasteiger partial charge in [-0.05, 0) is 48.2 Å². The third-order valence-electron chi connectivity index (χ3n) is 6.56. The van der Waals surface area contributed by atoms with Crippen LogP contribution in [0.3, 0.4) is 0 Å². The summed E-state index contributed by atoms with van der Waals surface area (Å²) in [5, 5.41) is 11.9. The van der Waals surface area contributed by atoms with Crippen molar-refractivity contribution < 1.29 is 8.78 Å². The topological polar surface area (TPSA) is 76.2 Å². The van der Waals surface area contributed by atoms with Gasteiger partial charge in [0.05, 0.1) is 30.3 Å². The Labute approximate surface area is 212 Å². The number of halogens is 2. The van der Waals surface area contributed by atoms with E-state index in [1.807, 2.05) is 47.5 Å². The quantitative estimate of drug-likeness (QED) is 0.344. The average molecular weight is 501 g/mol. The Morgan fingerprint density at radius 2 is 1.70 bits per heavy atom. The largest absolute Gasteiger partial charge is 0.370 e. The first kappa shape index (κ1) is 23.2. The van der Waals surface area contributed by atoms with Crippen molar-refractivity contribution in [3.63, 3.8) is 0 Å². The van der Waals surface area contributed by atoms with E-state index in [1.165, 1.54) is 18.9 Å². The van der Waals surface area contributed by atoms with E-state index in [4.69, 9.17) is 4.98 Å². The first-order valence-electron chi connectivity index (χ1n) is 12.3. The van der Waals surface area contributed by atoms with Crippen LogP contribution >= 0.6 is 0 Å². The minimum atomic E-state index is -0.837. The van der Waals surface area contributed by atoms with Crippen molar-refractivity contribution in [2.45, 2.75) is 32.5 Å². The van der Waals surface area contributed by atoms with Crippen molar-refractivity contribution in [1.29, 1.82) is 0 Å². The van der Waals surface area contributed by atoms with Gasteiger partial charge in [-0.1, -0.05) is 17.3 Å². The van der Waals surface area contributed by atoms with Crippen LogP contribution in [-0.4, -0.2) is 42.5 Å². The van der Waals surface area contributed by atoms with Crippen molar-refractivity contribution in [2.75, 3.05) is 18.0 Å². The molecule has 0 radical (unpaired) electrons. The number of benzene rings is 1. The summed E-state index contributed by atoms with van der Waals surface area (Å²) in [5.41, 5.74) is 6.30. The lowest BCUT2D eigenvalue weighted by molar-refractivity contribution is 0.506. The Hall–Kier alpha value is -4.18. The maximum absolute atomic E-state index is 13.4. The number of pyridine rings is 2. The molecule has 1 fully saturated rings. The molecule has 0 amide bonds. The van der Waals surface area contributed by atoms with E-state index in [0.29, 0.717) is 25.2 Å². The molecule has 188 valence electrons. The molecule has 5 aromatic rings.